The Hall–Kier alpha value is -0.610. The van der Waals surface area contributed by atoms with Crippen molar-refractivity contribution in [3.63, 3.8) is 0 Å². The summed E-state index contributed by atoms with van der Waals surface area (Å²) in [6.07, 6.45) is 4.38. The third kappa shape index (κ3) is 4.96. The third-order valence-electron chi connectivity index (χ3n) is 5.58. The van der Waals surface area contributed by atoms with Crippen LogP contribution in [0.2, 0.25) is 0 Å². The van der Waals surface area contributed by atoms with Crippen LogP contribution in [0.1, 0.15) is 39.5 Å². The Balaban J connectivity index is 1.65. The van der Waals surface area contributed by atoms with Crippen LogP contribution >= 0.6 is 0 Å². The topological polar surface area (TPSA) is 26.8 Å². The Morgan fingerprint density at radius 1 is 1.10 bits per heavy atom. The maximum absolute atomic E-state index is 12.3. The lowest BCUT2D eigenvalue weighted by Gasteiger charge is -2.36. The van der Waals surface area contributed by atoms with E-state index in [0.717, 1.165) is 57.6 Å². The van der Waals surface area contributed by atoms with Crippen molar-refractivity contribution in [2.45, 2.75) is 39.5 Å². The van der Waals surface area contributed by atoms with E-state index in [2.05, 4.69) is 35.6 Å². The second kappa shape index (κ2) is 8.14. The first-order valence-electron chi connectivity index (χ1n) is 8.78. The molecule has 1 atom stereocenters. The lowest BCUT2D eigenvalue weighted by Crippen LogP contribution is -2.46. The van der Waals surface area contributed by atoms with Crippen LogP contribution < -0.4 is 0 Å². The van der Waals surface area contributed by atoms with Gasteiger partial charge < -0.3 is 14.7 Å². The minimum absolute atomic E-state index is 0.372. The molecule has 0 bridgehead atoms. The maximum Gasteiger partial charge on any atom is 0.223 e. The summed E-state index contributed by atoms with van der Waals surface area (Å²) >= 11 is 0. The van der Waals surface area contributed by atoms with Crippen LogP contribution in [-0.4, -0.2) is 73.5 Å². The molecule has 1 unspecified atom stereocenters. The molecule has 0 spiro atoms. The molecule has 2 heterocycles. The first-order chi connectivity index (χ1) is 10.1. The van der Waals surface area contributed by atoms with Crippen molar-refractivity contribution in [3.05, 3.63) is 0 Å². The van der Waals surface area contributed by atoms with Crippen LogP contribution in [-0.2, 0) is 4.79 Å². The molecule has 21 heavy (non-hydrogen) atoms. The lowest BCUT2D eigenvalue weighted by atomic mass is 9.84. The number of piperidine rings is 1. The van der Waals surface area contributed by atoms with Gasteiger partial charge in [0.1, 0.15) is 0 Å². The zero-order valence-electron chi connectivity index (χ0n) is 14.2. The van der Waals surface area contributed by atoms with Crippen molar-refractivity contribution < 1.29 is 4.79 Å². The summed E-state index contributed by atoms with van der Waals surface area (Å²) in [5.74, 6) is 2.01. The van der Waals surface area contributed by atoms with Crippen molar-refractivity contribution in [1.29, 1.82) is 0 Å². The van der Waals surface area contributed by atoms with Crippen LogP contribution in [0.3, 0.4) is 0 Å². The zero-order valence-corrected chi connectivity index (χ0v) is 14.2. The van der Waals surface area contributed by atoms with Gasteiger partial charge in [0.25, 0.3) is 0 Å². The summed E-state index contributed by atoms with van der Waals surface area (Å²) in [7, 11) is 2.17. The number of piperazine rings is 1. The highest BCUT2D eigenvalue weighted by Gasteiger charge is 2.25. The number of amides is 1. The zero-order chi connectivity index (χ0) is 15.2. The van der Waals surface area contributed by atoms with Gasteiger partial charge in [-0.2, -0.15) is 0 Å². The first-order valence-corrected chi connectivity index (χ1v) is 8.78. The van der Waals surface area contributed by atoms with E-state index >= 15 is 0 Å². The Labute approximate surface area is 130 Å². The molecule has 2 saturated heterocycles. The SMILES string of the molecule is CCC(C)C1CCN(C(=O)CCN2CCN(C)CC2)CC1. The largest absolute Gasteiger partial charge is 0.343 e. The molecule has 122 valence electrons. The number of likely N-dealkylation sites (tertiary alicyclic amines) is 1. The van der Waals surface area contributed by atoms with Crippen LogP contribution in [0.4, 0.5) is 0 Å². The van der Waals surface area contributed by atoms with E-state index in [1.54, 1.807) is 0 Å². The fourth-order valence-electron chi connectivity index (χ4n) is 3.53. The number of carbonyl (C=O) groups excluding carboxylic acids is 1. The van der Waals surface area contributed by atoms with E-state index < -0.39 is 0 Å². The third-order valence-corrected chi connectivity index (χ3v) is 5.58. The molecule has 2 aliphatic heterocycles. The van der Waals surface area contributed by atoms with Gasteiger partial charge in [-0.3, -0.25) is 4.79 Å². The molecule has 2 rings (SSSR count). The summed E-state index contributed by atoms with van der Waals surface area (Å²) in [6, 6.07) is 0. The normalized spacial score (nSPS) is 24.2. The number of likely N-dealkylation sites (N-methyl/N-ethyl adjacent to an activating group) is 1. The van der Waals surface area contributed by atoms with Crippen molar-refractivity contribution in [3.8, 4) is 0 Å². The number of carbonyl (C=O) groups is 1. The fraction of sp³-hybridized carbons (Fsp3) is 0.941. The van der Waals surface area contributed by atoms with Crippen LogP contribution in [0.5, 0.6) is 0 Å². The molecule has 0 aromatic rings. The van der Waals surface area contributed by atoms with Gasteiger partial charge >= 0.3 is 0 Å². The van der Waals surface area contributed by atoms with Gasteiger partial charge in [-0.1, -0.05) is 20.3 Å². The predicted octanol–water partition coefficient (Wildman–Crippen LogP) is 1.91. The van der Waals surface area contributed by atoms with Crippen molar-refractivity contribution in [2.24, 2.45) is 11.8 Å². The molecule has 0 aliphatic carbocycles. The molecule has 0 saturated carbocycles. The molecule has 0 aromatic carbocycles. The highest BCUT2D eigenvalue weighted by molar-refractivity contribution is 5.76. The van der Waals surface area contributed by atoms with E-state index in [4.69, 9.17) is 0 Å². The van der Waals surface area contributed by atoms with Gasteiger partial charge in [-0.15, -0.1) is 0 Å². The Kier molecular flexibility index (Phi) is 6.49. The minimum atomic E-state index is 0.372. The Morgan fingerprint density at radius 3 is 2.29 bits per heavy atom. The molecule has 1 amide bonds. The average Bonchev–Trinajstić information content (AvgIpc) is 2.53. The highest BCUT2D eigenvalue weighted by Crippen LogP contribution is 2.27. The van der Waals surface area contributed by atoms with Crippen molar-refractivity contribution >= 4 is 5.91 Å². The van der Waals surface area contributed by atoms with E-state index in [9.17, 15) is 4.79 Å². The average molecular weight is 295 g/mol. The number of hydrogen-bond acceptors (Lipinski definition) is 3. The van der Waals surface area contributed by atoms with Crippen LogP contribution in [0, 0.1) is 11.8 Å². The van der Waals surface area contributed by atoms with Gasteiger partial charge in [0.15, 0.2) is 0 Å². The minimum Gasteiger partial charge on any atom is -0.343 e. The summed E-state index contributed by atoms with van der Waals surface area (Å²) < 4.78 is 0. The number of hydrogen-bond donors (Lipinski definition) is 0. The molecule has 4 nitrogen and oxygen atoms in total. The monoisotopic (exact) mass is 295 g/mol. The van der Waals surface area contributed by atoms with Gasteiger partial charge in [-0.25, -0.2) is 0 Å². The molecule has 0 radical (unpaired) electrons. The van der Waals surface area contributed by atoms with Gasteiger partial charge in [0, 0.05) is 52.2 Å². The van der Waals surface area contributed by atoms with E-state index in [-0.39, 0.29) is 0 Å². The second-order valence-electron chi connectivity index (χ2n) is 7.00. The smallest absolute Gasteiger partial charge is 0.223 e. The van der Waals surface area contributed by atoms with E-state index in [1.807, 2.05) is 0 Å². The van der Waals surface area contributed by atoms with Crippen LogP contribution in [0.15, 0.2) is 0 Å². The Morgan fingerprint density at radius 2 is 1.71 bits per heavy atom. The summed E-state index contributed by atoms with van der Waals surface area (Å²) in [5.41, 5.74) is 0. The van der Waals surface area contributed by atoms with Crippen molar-refractivity contribution in [1.82, 2.24) is 14.7 Å². The number of nitrogens with zero attached hydrogens (tertiary/aromatic N) is 3. The molecular formula is C17H33N3O. The summed E-state index contributed by atoms with van der Waals surface area (Å²) in [4.78, 5) is 19.2. The van der Waals surface area contributed by atoms with E-state index in [1.165, 1.54) is 19.3 Å². The molecule has 4 heteroatoms. The molecule has 2 aliphatic rings. The van der Waals surface area contributed by atoms with Gasteiger partial charge in [0.05, 0.1) is 0 Å². The first kappa shape index (κ1) is 16.8. The number of rotatable bonds is 5. The lowest BCUT2D eigenvalue weighted by molar-refractivity contribution is -0.133. The molecular weight excluding hydrogens is 262 g/mol. The fourth-order valence-corrected chi connectivity index (χ4v) is 3.53. The summed E-state index contributed by atoms with van der Waals surface area (Å²) in [6.45, 7) is 12.0. The quantitative estimate of drug-likeness (QED) is 0.775. The second-order valence-corrected chi connectivity index (χ2v) is 7.00. The van der Waals surface area contributed by atoms with Crippen molar-refractivity contribution in [2.75, 3.05) is 52.9 Å². The Bertz CT molecular complexity index is 318. The molecule has 0 N–H and O–H groups in total. The predicted molar refractivity (Wildman–Crippen MR) is 87.3 cm³/mol. The molecule has 2 fully saturated rings. The van der Waals surface area contributed by atoms with Gasteiger partial charge in [-0.05, 0) is 31.7 Å². The van der Waals surface area contributed by atoms with E-state index in [0.29, 0.717) is 12.3 Å². The maximum atomic E-state index is 12.3. The molecule has 0 aromatic heterocycles. The standard InChI is InChI=1S/C17H33N3O/c1-4-15(2)16-5-9-20(10-6-16)17(21)7-8-19-13-11-18(3)12-14-19/h15-16H,4-14H2,1-3H3. The van der Waals surface area contributed by atoms with Gasteiger partial charge in [0.2, 0.25) is 5.91 Å². The summed E-state index contributed by atoms with van der Waals surface area (Å²) in [5, 5.41) is 0. The van der Waals surface area contributed by atoms with Crippen LogP contribution in [0.25, 0.3) is 0 Å². The highest BCUT2D eigenvalue weighted by atomic mass is 16.2.